The summed E-state index contributed by atoms with van der Waals surface area (Å²) in [5.41, 5.74) is 2.58. The Morgan fingerprint density at radius 3 is 2.65 bits per heavy atom. The Morgan fingerprint density at radius 2 is 1.94 bits per heavy atom. The zero-order chi connectivity index (χ0) is 22.0. The minimum absolute atomic E-state index is 0.0137. The Morgan fingerprint density at radius 1 is 1.13 bits per heavy atom. The molecule has 4 rings (SSSR count). The Balaban J connectivity index is 1.49. The molecule has 0 radical (unpaired) electrons. The number of aromatic nitrogens is 3. The van der Waals surface area contributed by atoms with Gasteiger partial charge in [0.15, 0.2) is 5.69 Å². The predicted molar refractivity (Wildman–Crippen MR) is 107 cm³/mol. The first-order chi connectivity index (χ1) is 14.8. The topological polar surface area (TPSA) is 100 Å². The lowest BCUT2D eigenvalue weighted by molar-refractivity contribution is -0.274. The highest BCUT2D eigenvalue weighted by atomic mass is 19.4. The van der Waals surface area contributed by atoms with Gasteiger partial charge in [-0.3, -0.25) is 5.10 Å². The van der Waals surface area contributed by atoms with Gasteiger partial charge in [0, 0.05) is 29.3 Å². The van der Waals surface area contributed by atoms with Crippen LogP contribution in [0.4, 0.5) is 19.0 Å². The normalized spacial score (nSPS) is 11.5. The summed E-state index contributed by atoms with van der Waals surface area (Å²) < 4.78 is 41.0. The van der Waals surface area contributed by atoms with E-state index in [4.69, 9.17) is 0 Å². The van der Waals surface area contributed by atoms with Crippen molar-refractivity contribution in [3.8, 4) is 16.9 Å². The number of hydrogen-bond acceptors (Lipinski definition) is 5. The van der Waals surface area contributed by atoms with Gasteiger partial charge in [-0.2, -0.15) is 5.10 Å². The number of anilines is 1. The van der Waals surface area contributed by atoms with Crippen LogP contribution in [0.3, 0.4) is 0 Å². The van der Waals surface area contributed by atoms with Crippen molar-refractivity contribution in [3.05, 3.63) is 72.1 Å². The van der Waals surface area contributed by atoms with Crippen LogP contribution in [0.1, 0.15) is 16.1 Å². The van der Waals surface area contributed by atoms with Crippen LogP contribution < -0.4 is 10.1 Å². The summed E-state index contributed by atoms with van der Waals surface area (Å²) in [7, 11) is 0. The number of nitrogens with zero attached hydrogens (tertiary/aromatic N) is 2. The second kappa shape index (κ2) is 7.98. The van der Waals surface area contributed by atoms with Crippen LogP contribution in [0.15, 0.2) is 60.8 Å². The molecule has 0 atom stereocenters. The first kappa shape index (κ1) is 20.2. The van der Waals surface area contributed by atoms with Crippen LogP contribution in [0.25, 0.3) is 22.0 Å². The molecule has 10 heteroatoms. The minimum Gasteiger partial charge on any atom is -0.477 e. The molecule has 0 unspecified atom stereocenters. The molecule has 0 spiro atoms. The van der Waals surface area contributed by atoms with Crippen molar-refractivity contribution in [2.45, 2.75) is 12.9 Å². The molecule has 0 bridgehead atoms. The maximum Gasteiger partial charge on any atom is 0.573 e. The van der Waals surface area contributed by atoms with Gasteiger partial charge in [0.05, 0.1) is 0 Å². The summed E-state index contributed by atoms with van der Waals surface area (Å²) in [6.45, 7) is 0.248. The fraction of sp³-hybridized carbons (Fsp3) is 0.0952. The molecule has 0 saturated carbocycles. The molecule has 0 aliphatic heterocycles. The van der Waals surface area contributed by atoms with E-state index in [9.17, 15) is 23.1 Å². The van der Waals surface area contributed by atoms with E-state index in [1.54, 1.807) is 36.5 Å². The number of benzene rings is 2. The number of H-pyrrole nitrogens is 1. The van der Waals surface area contributed by atoms with E-state index in [1.165, 1.54) is 18.2 Å². The monoisotopic (exact) mass is 428 g/mol. The van der Waals surface area contributed by atoms with Crippen LogP contribution in [-0.4, -0.2) is 32.6 Å². The predicted octanol–water partition coefficient (Wildman–Crippen LogP) is 4.83. The zero-order valence-electron chi connectivity index (χ0n) is 15.8. The van der Waals surface area contributed by atoms with Gasteiger partial charge >= 0.3 is 12.3 Å². The SMILES string of the molecule is O=C(O)c1[nH]nc2c(-c3ccc(NCc4cccc(OC(F)(F)F)c4)nc3)cccc12. The number of carboxylic acid groups (broad SMARTS) is 1. The van der Waals surface area contributed by atoms with E-state index >= 15 is 0 Å². The van der Waals surface area contributed by atoms with Crippen molar-refractivity contribution in [2.75, 3.05) is 5.32 Å². The quantitative estimate of drug-likeness (QED) is 0.407. The van der Waals surface area contributed by atoms with Gasteiger partial charge in [-0.1, -0.05) is 30.3 Å². The second-order valence-electron chi connectivity index (χ2n) is 6.59. The number of halogens is 3. The van der Waals surface area contributed by atoms with E-state index in [1.807, 2.05) is 6.07 Å². The maximum atomic E-state index is 12.4. The summed E-state index contributed by atoms with van der Waals surface area (Å²) in [6, 6.07) is 14.4. The number of carbonyl (C=O) groups is 1. The zero-order valence-corrected chi connectivity index (χ0v) is 15.8. The Labute approximate surface area is 173 Å². The molecule has 3 N–H and O–H groups in total. The highest BCUT2D eigenvalue weighted by Gasteiger charge is 2.31. The average molecular weight is 428 g/mol. The minimum atomic E-state index is -4.74. The number of carboxylic acids is 1. The Kier molecular flexibility index (Phi) is 5.20. The Hall–Kier alpha value is -4.08. The maximum absolute atomic E-state index is 12.4. The van der Waals surface area contributed by atoms with E-state index < -0.39 is 12.3 Å². The van der Waals surface area contributed by atoms with Crippen molar-refractivity contribution in [1.82, 2.24) is 15.2 Å². The Bertz CT molecular complexity index is 1240. The molecule has 2 aromatic heterocycles. The summed E-state index contributed by atoms with van der Waals surface area (Å²) in [6.07, 6.45) is -3.14. The van der Waals surface area contributed by atoms with Crippen molar-refractivity contribution in [2.24, 2.45) is 0 Å². The summed E-state index contributed by atoms with van der Waals surface area (Å²) in [4.78, 5) is 15.6. The number of alkyl halides is 3. The lowest BCUT2D eigenvalue weighted by Crippen LogP contribution is -2.17. The summed E-state index contributed by atoms with van der Waals surface area (Å²) in [5.74, 6) is -0.865. The number of para-hydroxylation sites is 1. The third kappa shape index (κ3) is 4.58. The van der Waals surface area contributed by atoms with Crippen LogP contribution in [0.5, 0.6) is 5.75 Å². The van der Waals surface area contributed by atoms with Crippen molar-refractivity contribution in [1.29, 1.82) is 0 Å². The number of ether oxygens (including phenoxy) is 1. The standard InChI is InChI=1S/C21H15F3N4O3/c22-21(23,24)31-14-4-1-3-12(9-14)10-25-17-8-7-13(11-26-17)15-5-2-6-16-18(15)27-28-19(16)20(29)30/h1-9,11H,10H2,(H,25,26)(H,27,28)(H,29,30). The molecule has 0 aliphatic rings. The van der Waals surface area contributed by atoms with Crippen LogP contribution in [0, 0.1) is 0 Å². The van der Waals surface area contributed by atoms with E-state index in [-0.39, 0.29) is 18.0 Å². The number of pyridine rings is 1. The number of hydrogen-bond donors (Lipinski definition) is 3. The molecule has 2 aromatic carbocycles. The molecular weight excluding hydrogens is 413 g/mol. The van der Waals surface area contributed by atoms with Gasteiger partial charge in [-0.15, -0.1) is 13.2 Å². The number of aromatic amines is 1. The molecular formula is C21H15F3N4O3. The smallest absolute Gasteiger partial charge is 0.477 e. The second-order valence-corrected chi connectivity index (χ2v) is 6.59. The van der Waals surface area contributed by atoms with Gasteiger partial charge in [0.2, 0.25) is 0 Å². The first-order valence-electron chi connectivity index (χ1n) is 9.05. The van der Waals surface area contributed by atoms with Crippen molar-refractivity contribution < 1.29 is 27.8 Å². The van der Waals surface area contributed by atoms with Gasteiger partial charge in [-0.05, 0) is 29.8 Å². The fourth-order valence-electron chi connectivity index (χ4n) is 3.14. The number of fused-ring (bicyclic) bond motifs is 1. The van der Waals surface area contributed by atoms with Crippen molar-refractivity contribution >= 4 is 22.7 Å². The molecule has 158 valence electrons. The molecule has 4 aromatic rings. The van der Waals surface area contributed by atoms with Gasteiger partial charge < -0.3 is 15.2 Å². The summed E-state index contributed by atoms with van der Waals surface area (Å²) >= 11 is 0. The van der Waals surface area contributed by atoms with E-state index in [0.29, 0.717) is 22.3 Å². The van der Waals surface area contributed by atoms with Crippen LogP contribution in [-0.2, 0) is 6.54 Å². The average Bonchev–Trinajstić information content (AvgIpc) is 3.16. The molecule has 31 heavy (non-hydrogen) atoms. The molecule has 7 nitrogen and oxygen atoms in total. The number of aromatic carboxylic acids is 1. The fourth-order valence-corrected chi connectivity index (χ4v) is 3.14. The van der Waals surface area contributed by atoms with E-state index in [0.717, 1.165) is 11.1 Å². The number of nitrogens with one attached hydrogen (secondary N) is 2. The van der Waals surface area contributed by atoms with Gasteiger partial charge in [0.25, 0.3) is 0 Å². The molecule has 2 heterocycles. The van der Waals surface area contributed by atoms with Crippen LogP contribution >= 0.6 is 0 Å². The number of rotatable bonds is 6. The van der Waals surface area contributed by atoms with E-state index in [2.05, 4.69) is 25.2 Å². The lowest BCUT2D eigenvalue weighted by atomic mass is 10.0. The summed E-state index contributed by atoms with van der Waals surface area (Å²) in [5, 5.41) is 19.4. The molecule has 0 saturated heterocycles. The third-order valence-electron chi connectivity index (χ3n) is 4.48. The highest BCUT2D eigenvalue weighted by Crippen LogP contribution is 2.29. The van der Waals surface area contributed by atoms with Gasteiger partial charge in [-0.25, -0.2) is 9.78 Å². The van der Waals surface area contributed by atoms with Crippen molar-refractivity contribution in [3.63, 3.8) is 0 Å². The molecule has 0 aliphatic carbocycles. The van der Waals surface area contributed by atoms with Gasteiger partial charge in [0.1, 0.15) is 17.1 Å². The molecule has 0 amide bonds. The lowest BCUT2D eigenvalue weighted by Gasteiger charge is -2.11. The highest BCUT2D eigenvalue weighted by molar-refractivity contribution is 6.05. The first-order valence-corrected chi connectivity index (χ1v) is 9.05. The molecule has 0 fully saturated rings. The largest absolute Gasteiger partial charge is 0.573 e. The third-order valence-corrected chi connectivity index (χ3v) is 4.48. The van der Waals surface area contributed by atoms with Crippen LogP contribution in [0.2, 0.25) is 0 Å².